The Bertz CT molecular complexity index is 747. The van der Waals surface area contributed by atoms with Crippen molar-refractivity contribution in [3.05, 3.63) is 12.2 Å². The summed E-state index contributed by atoms with van der Waals surface area (Å²) in [6, 6.07) is 0. The lowest BCUT2D eigenvalue weighted by atomic mass is 9.50. The lowest BCUT2D eigenvalue weighted by Gasteiger charge is -2.57. The molecular formula is C20H25O6-. The van der Waals surface area contributed by atoms with Gasteiger partial charge in [-0.15, -0.1) is 0 Å². The van der Waals surface area contributed by atoms with Gasteiger partial charge in [0, 0.05) is 17.3 Å². The van der Waals surface area contributed by atoms with Gasteiger partial charge >= 0.3 is 5.97 Å². The zero-order chi connectivity index (χ0) is 18.7. The van der Waals surface area contributed by atoms with Crippen LogP contribution in [0.25, 0.3) is 0 Å². The van der Waals surface area contributed by atoms with Crippen molar-refractivity contribution in [3.8, 4) is 0 Å². The van der Waals surface area contributed by atoms with Gasteiger partial charge in [-0.3, -0.25) is 4.79 Å². The van der Waals surface area contributed by atoms with E-state index in [1.165, 1.54) is 0 Å². The van der Waals surface area contributed by atoms with Crippen LogP contribution in [0.2, 0.25) is 0 Å². The van der Waals surface area contributed by atoms with Crippen LogP contribution in [0.3, 0.4) is 0 Å². The third-order valence-corrected chi connectivity index (χ3v) is 9.02. The van der Waals surface area contributed by atoms with Crippen molar-refractivity contribution in [3.63, 3.8) is 0 Å². The average Bonchev–Trinajstić information content (AvgIpc) is 2.93. The van der Waals surface area contributed by atoms with E-state index >= 15 is 0 Å². The van der Waals surface area contributed by atoms with E-state index in [-0.39, 0.29) is 12.5 Å². The maximum absolute atomic E-state index is 12.7. The first kappa shape index (κ1) is 16.8. The van der Waals surface area contributed by atoms with Crippen LogP contribution in [0.4, 0.5) is 0 Å². The van der Waals surface area contributed by atoms with E-state index in [4.69, 9.17) is 4.74 Å². The first-order valence-corrected chi connectivity index (χ1v) is 9.59. The number of carbonyl (C=O) groups excluding carboxylic acids is 2. The van der Waals surface area contributed by atoms with Gasteiger partial charge in [-0.25, -0.2) is 0 Å². The zero-order valence-corrected chi connectivity index (χ0v) is 15.0. The molecule has 6 nitrogen and oxygen atoms in total. The van der Waals surface area contributed by atoms with Gasteiger partial charge in [-0.2, -0.15) is 0 Å². The Hall–Kier alpha value is -1.40. The number of fused-ring (bicyclic) bond motifs is 1. The summed E-state index contributed by atoms with van der Waals surface area (Å²) >= 11 is 0. The predicted molar refractivity (Wildman–Crippen MR) is 87.2 cm³/mol. The van der Waals surface area contributed by atoms with Gasteiger partial charge in [0.15, 0.2) is 0 Å². The molecule has 1 aliphatic heterocycles. The molecule has 0 aromatic carbocycles. The van der Waals surface area contributed by atoms with E-state index in [1.54, 1.807) is 6.92 Å². The minimum atomic E-state index is -1.24. The maximum Gasteiger partial charge on any atom is 0.314 e. The third kappa shape index (κ3) is 1.51. The van der Waals surface area contributed by atoms with Crippen molar-refractivity contribution in [2.24, 2.45) is 34.0 Å². The maximum atomic E-state index is 12.7. The topological polar surface area (TPSA) is 107 Å². The van der Waals surface area contributed by atoms with Crippen LogP contribution in [0.5, 0.6) is 0 Å². The Labute approximate surface area is 152 Å². The second kappa shape index (κ2) is 4.53. The first-order valence-electron chi connectivity index (χ1n) is 9.59. The molecule has 1 spiro atoms. The van der Waals surface area contributed by atoms with E-state index in [1.807, 2.05) is 0 Å². The molecule has 6 heteroatoms. The van der Waals surface area contributed by atoms with Gasteiger partial charge in [-0.1, -0.05) is 6.58 Å². The number of aliphatic hydroxyl groups is 2. The predicted octanol–water partition coefficient (Wildman–Crippen LogP) is 0.164. The zero-order valence-electron chi connectivity index (χ0n) is 15.0. The lowest BCUT2D eigenvalue weighted by molar-refractivity contribution is -0.320. The Morgan fingerprint density at radius 3 is 2.73 bits per heavy atom. The summed E-state index contributed by atoms with van der Waals surface area (Å²) in [4.78, 5) is 25.2. The van der Waals surface area contributed by atoms with Crippen molar-refractivity contribution in [2.75, 3.05) is 6.61 Å². The van der Waals surface area contributed by atoms with Crippen molar-refractivity contribution in [1.82, 2.24) is 0 Å². The van der Waals surface area contributed by atoms with E-state index in [9.17, 15) is 24.9 Å². The van der Waals surface area contributed by atoms with Crippen molar-refractivity contribution in [1.29, 1.82) is 0 Å². The molecule has 142 valence electrons. The summed E-state index contributed by atoms with van der Waals surface area (Å²) in [5.74, 6) is -3.05. The van der Waals surface area contributed by atoms with E-state index < -0.39 is 51.7 Å². The van der Waals surface area contributed by atoms with Gasteiger partial charge in [0.25, 0.3) is 0 Å². The highest BCUT2D eigenvalue weighted by Gasteiger charge is 2.79. The number of hydrogen-bond donors (Lipinski definition) is 2. The molecule has 5 aliphatic rings. The normalized spacial score (nSPS) is 57.3. The van der Waals surface area contributed by atoms with Crippen molar-refractivity contribution >= 4 is 11.9 Å². The van der Waals surface area contributed by atoms with Crippen molar-refractivity contribution in [2.45, 2.75) is 57.2 Å². The van der Waals surface area contributed by atoms with Gasteiger partial charge in [0.2, 0.25) is 0 Å². The summed E-state index contributed by atoms with van der Waals surface area (Å²) in [7, 11) is 0. The van der Waals surface area contributed by atoms with Crippen molar-refractivity contribution < 1.29 is 29.6 Å². The van der Waals surface area contributed by atoms with Crippen LogP contribution in [-0.4, -0.2) is 40.5 Å². The number of ether oxygens (including phenoxy) is 1. The molecule has 0 amide bonds. The van der Waals surface area contributed by atoms with Crippen LogP contribution in [-0.2, 0) is 14.3 Å². The van der Waals surface area contributed by atoms with E-state index in [0.29, 0.717) is 44.1 Å². The molecule has 0 aromatic rings. The molecule has 0 radical (unpaired) electrons. The number of cyclic esters (lactones) is 1. The van der Waals surface area contributed by atoms with Crippen LogP contribution < -0.4 is 5.11 Å². The highest BCUT2D eigenvalue weighted by atomic mass is 16.5. The third-order valence-electron chi connectivity index (χ3n) is 9.02. The quantitative estimate of drug-likeness (QED) is 0.509. The summed E-state index contributed by atoms with van der Waals surface area (Å²) in [6.07, 6.45) is 2.27. The second-order valence-electron chi connectivity index (χ2n) is 9.73. The number of carbonyl (C=O) groups is 2. The second-order valence-corrected chi connectivity index (χ2v) is 9.73. The minimum Gasteiger partial charge on any atom is -0.550 e. The summed E-state index contributed by atoms with van der Waals surface area (Å²) in [5.41, 5.74) is -2.68. The molecule has 8 atom stereocenters. The highest BCUT2D eigenvalue weighted by Crippen LogP contribution is 2.79. The Morgan fingerprint density at radius 1 is 1.31 bits per heavy atom. The fraction of sp³-hybridized carbons (Fsp3) is 0.800. The molecule has 4 bridgehead atoms. The Morgan fingerprint density at radius 2 is 2.04 bits per heavy atom. The molecule has 26 heavy (non-hydrogen) atoms. The molecule has 0 aromatic heterocycles. The fourth-order valence-corrected chi connectivity index (χ4v) is 8.09. The summed E-state index contributed by atoms with van der Waals surface area (Å²) < 4.78 is 5.56. The summed E-state index contributed by atoms with van der Waals surface area (Å²) in [6.45, 7) is 5.93. The molecule has 0 unspecified atom stereocenters. The lowest BCUT2D eigenvalue weighted by Crippen LogP contribution is -2.64. The number of rotatable bonds is 1. The number of aliphatic carboxylic acids is 1. The van der Waals surface area contributed by atoms with Crippen LogP contribution >= 0.6 is 0 Å². The SMILES string of the molecule is C=C1C[C@]23C[C@@]1(O)CC[C@H]2[C@@]12CC[C@H](O)[C@](C)(C(=O)OC1)[C@H]2[C@@H]3C(=O)[O-]. The Balaban J connectivity index is 1.77. The van der Waals surface area contributed by atoms with Gasteiger partial charge in [0.05, 0.1) is 23.7 Å². The largest absolute Gasteiger partial charge is 0.550 e. The molecule has 4 saturated carbocycles. The minimum absolute atomic E-state index is 0.0300. The highest BCUT2D eigenvalue weighted by molar-refractivity contribution is 5.82. The molecule has 5 rings (SSSR count). The summed E-state index contributed by atoms with van der Waals surface area (Å²) in [5, 5.41) is 34.2. The van der Waals surface area contributed by atoms with E-state index in [0.717, 1.165) is 0 Å². The average molecular weight is 361 g/mol. The smallest absolute Gasteiger partial charge is 0.314 e. The first-order chi connectivity index (χ1) is 12.1. The fourth-order valence-electron chi connectivity index (χ4n) is 8.09. The van der Waals surface area contributed by atoms with Crippen LogP contribution in [0.1, 0.15) is 45.4 Å². The van der Waals surface area contributed by atoms with Crippen LogP contribution in [0.15, 0.2) is 12.2 Å². The molecule has 2 N–H and O–H groups in total. The van der Waals surface area contributed by atoms with Gasteiger partial charge < -0.3 is 24.9 Å². The number of esters is 1. The molecule has 1 heterocycles. The van der Waals surface area contributed by atoms with Gasteiger partial charge in [-0.05, 0) is 68.3 Å². The number of hydrogen-bond acceptors (Lipinski definition) is 6. The number of carboxylic acid groups (broad SMARTS) is 1. The number of aliphatic hydroxyl groups excluding tert-OH is 1. The monoisotopic (exact) mass is 361 g/mol. The van der Waals surface area contributed by atoms with Gasteiger partial charge in [0.1, 0.15) is 0 Å². The van der Waals surface area contributed by atoms with E-state index in [2.05, 4.69) is 6.58 Å². The molecule has 5 fully saturated rings. The molecule has 4 aliphatic carbocycles. The standard InChI is InChI=1S/C20H26O6/c1-10-7-19-8-20(10,25)6-3-11(19)18-5-4-12(21)17(2,16(24)26-9-18)14(18)13(19)15(22)23/h11-14,21,25H,1,3-9H2,2H3,(H,22,23)/p-1/t11-,12-,13+,14+,17-,18+,19-,20-/m0/s1. The molecule has 1 saturated heterocycles. The Kier molecular flexibility index (Phi) is 2.92. The van der Waals surface area contributed by atoms with Crippen LogP contribution in [0, 0.1) is 34.0 Å². The number of carboxylic acids is 1. The molecular weight excluding hydrogens is 336 g/mol.